The van der Waals surface area contributed by atoms with Crippen molar-refractivity contribution in [3.8, 4) is 0 Å². The monoisotopic (exact) mass is 270 g/mol. The van der Waals surface area contributed by atoms with Crippen LogP contribution >= 0.6 is 22.9 Å². The zero-order valence-corrected chi connectivity index (χ0v) is 8.24. The smallest absolute Gasteiger partial charge is 0.407 e. The standard InChI is InChI=1S/C6H11IN2O2/c7-8-5-1-3-9(4-2-5)6(10)11/h5,8H,1-4H2,(H,10,11). The summed E-state index contributed by atoms with van der Waals surface area (Å²) in [5.74, 6) is 0. The van der Waals surface area contributed by atoms with Gasteiger partial charge in [-0.3, -0.25) is 3.53 Å². The van der Waals surface area contributed by atoms with Crippen molar-refractivity contribution in [3.05, 3.63) is 0 Å². The molecule has 2 N–H and O–H groups in total. The Morgan fingerprint density at radius 1 is 1.55 bits per heavy atom. The first kappa shape index (κ1) is 9.05. The Hall–Kier alpha value is -0.0400. The molecule has 1 heterocycles. The highest BCUT2D eigenvalue weighted by Gasteiger charge is 2.20. The summed E-state index contributed by atoms with van der Waals surface area (Å²) in [6, 6.07) is 0.492. The lowest BCUT2D eigenvalue weighted by Crippen LogP contribution is -2.42. The molecule has 5 heteroatoms. The number of amides is 1. The summed E-state index contributed by atoms with van der Waals surface area (Å²) in [4.78, 5) is 11.9. The lowest BCUT2D eigenvalue weighted by molar-refractivity contribution is 0.132. The first-order valence-electron chi connectivity index (χ1n) is 3.58. The summed E-state index contributed by atoms with van der Waals surface area (Å²) in [5.41, 5.74) is 0. The molecule has 1 amide bonds. The van der Waals surface area contributed by atoms with E-state index in [2.05, 4.69) is 26.4 Å². The number of hydrogen-bond acceptors (Lipinski definition) is 2. The van der Waals surface area contributed by atoms with Gasteiger partial charge in [0, 0.05) is 42.0 Å². The molecule has 0 radical (unpaired) electrons. The summed E-state index contributed by atoms with van der Waals surface area (Å²) < 4.78 is 3.11. The number of carbonyl (C=O) groups is 1. The van der Waals surface area contributed by atoms with Gasteiger partial charge in [0.15, 0.2) is 0 Å². The van der Waals surface area contributed by atoms with Gasteiger partial charge in [-0.05, 0) is 12.8 Å². The molecule has 0 aliphatic carbocycles. The fourth-order valence-corrected chi connectivity index (χ4v) is 1.80. The molecule has 0 unspecified atom stereocenters. The predicted octanol–water partition coefficient (Wildman–Crippen LogP) is 1.07. The van der Waals surface area contributed by atoms with Crippen LogP contribution in [0.3, 0.4) is 0 Å². The second-order valence-corrected chi connectivity index (χ2v) is 3.28. The second-order valence-electron chi connectivity index (χ2n) is 2.65. The molecule has 0 aromatic carbocycles. The molecule has 64 valence electrons. The molecule has 0 atom stereocenters. The Labute approximate surface area is 79.4 Å². The minimum absolute atomic E-state index is 0.492. The van der Waals surface area contributed by atoms with E-state index in [1.807, 2.05) is 0 Å². The second kappa shape index (κ2) is 4.10. The van der Waals surface area contributed by atoms with E-state index < -0.39 is 6.09 Å². The van der Waals surface area contributed by atoms with Crippen molar-refractivity contribution in [2.24, 2.45) is 0 Å². The summed E-state index contributed by atoms with van der Waals surface area (Å²) in [6.45, 7) is 1.33. The van der Waals surface area contributed by atoms with Crippen LogP contribution < -0.4 is 3.53 Å². The lowest BCUT2D eigenvalue weighted by atomic mass is 10.1. The Balaban J connectivity index is 2.30. The van der Waals surface area contributed by atoms with Crippen LogP contribution in [0.25, 0.3) is 0 Å². The van der Waals surface area contributed by atoms with E-state index in [1.54, 1.807) is 0 Å². The highest BCUT2D eigenvalue weighted by molar-refractivity contribution is 14.1. The number of likely N-dealkylation sites (tertiary alicyclic amines) is 1. The molecular formula is C6H11IN2O2. The van der Waals surface area contributed by atoms with Gasteiger partial charge in [-0.25, -0.2) is 4.79 Å². The van der Waals surface area contributed by atoms with E-state index in [4.69, 9.17) is 5.11 Å². The maximum Gasteiger partial charge on any atom is 0.407 e. The van der Waals surface area contributed by atoms with Gasteiger partial charge in [0.2, 0.25) is 0 Å². The number of carboxylic acid groups (broad SMARTS) is 1. The molecule has 1 rings (SSSR count). The van der Waals surface area contributed by atoms with Crippen molar-refractivity contribution in [1.82, 2.24) is 8.43 Å². The number of piperidine rings is 1. The van der Waals surface area contributed by atoms with Crippen LogP contribution in [-0.2, 0) is 0 Å². The fraction of sp³-hybridized carbons (Fsp3) is 0.833. The zero-order chi connectivity index (χ0) is 8.27. The van der Waals surface area contributed by atoms with Crippen LogP contribution in [0.2, 0.25) is 0 Å². The number of rotatable bonds is 1. The maximum absolute atomic E-state index is 10.5. The molecule has 4 nitrogen and oxygen atoms in total. The van der Waals surface area contributed by atoms with Crippen molar-refractivity contribution in [1.29, 1.82) is 0 Å². The van der Waals surface area contributed by atoms with Gasteiger partial charge < -0.3 is 10.0 Å². The van der Waals surface area contributed by atoms with Gasteiger partial charge in [0.25, 0.3) is 0 Å². The molecular weight excluding hydrogens is 259 g/mol. The molecule has 1 aliphatic heterocycles. The van der Waals surface area contributed by atoms with Crippen LogP contribution in [0.1, 0.15) is 12.8 Å². The molecule has 1 fully saturated rings. The molecule has 0 bridgehead atoms. The molecule has 1 aliphatic rings. The topological polar surface area (TPSA) is 52.6 Å². The summed E-state index contributed by atoms with van der Waals surface area (Å²) in [6.07, 6.45) is 1.06. The van der Waals surface area contributed by atoms with E-state index in [-0.39, 0.29) is 0 Å². The average Bonchev–Trinajstić information content (AvgIpc) is 2.05. The molecule has 0 aromatic rings. The normalized spacial score (nSPS) is 20.3. The van der Waals surface area contributed by atoms with Crippen molar-refractivity contribution in [2.75, 3.05) is 13.1 Å². The lowest BCUT2D eigenvalue weighted by Gasteiger charge is -2.28. The zero-order valence-electron chi connectivity index (χ0n) is 6.09. The van der Waals surface area contributed by atoms with E-state index in [0.29, 0.717) is 19.1 Å². The highest BCUT2D eigenvalue weighted by Crippen LogP contribution is 2.10. The van der Waals surface area contributed by atoms with Crippen molar-refractivity contribution >= 4 is 29.0 Å². The molecule has 0 aromatic heterocycles. The number of nitrogens with zero attached hydrogens (tertiary/aromatic N) is 1. The fourth-order valence-electron chi connectivity index (χ4n) is 1.18. The first-order valence-corrected chi connectivity index (χ1v) is 4.66. The largest absolute Gasteiger partial charge is 0.465 e. The van der Waals surface area contributed by atoms with Crippen LogP contribution in [-0.4, -0.2) is 35.2 Å². The van der Waals surface area contributed by atoms with Crippen LogP contribution in [0.4, 0.5) is 4.79 Å². The summed E-state index contributed by atoms with van der Waals surface area (Å²) in [5, 5.41) is 8.60. The van der Waals surface area contributed by atoms with Crippen molar-refractivity contribution in [3.63, 3.8) is 0 Å². The molecule has 0 saturated carbocycles. The van der Waals surface area contributed by atoms with Gasteiger partial charge in [-0.1, -0.05) is 0 Å². The van der Waals surface area contributed by atoms with Crippen LogP contribution in [0.15, 0.2) is 0 Å². The number of nitrogens with one attached hydrogen (secondary N) is 1. The number of hydrogen-bond donors (Lipinski definition) is 2. The Morgan fingerprint density at radius 3 is 2.45 bits per heavy atom. The van der Waals surface area contributed by atoms with Crippen molar-refractivity contribution < 1.29 is 9.90 Å². The van der Waals surface area contributed by atoms with E-state index >= 15 is 0 Å². The minimum Gasteiger partial charge on any atom is -0.465 e. The van der Waals surface area contributed by atoms with E-state index in [0.717, 1.165) is 12.8 Å². The molecule has 1 saturated heterocycles. The Kier molecular flexibility index (Phi) is 3.38. The van der Waals surface area contributed by atoms with Gasteiger partial charge >= 0.3 is 6.09 Å². The van der Waals surface area contributed by atoms with Gasteiger partial charge in [-0.2, -0.15) is 0 Å². The predicted molar refractivity (Wildman–Crippen MR) is 49.8 cm³/mol. The van der Waals surface area contributed by atoms with Gasteiger partial charge in [0.1, 0.15) is 0 Å². The third-order valence-electron chi connectivity index (χ3n) is 1.92. The molecule has 11 heavy (non-hydrogen) atoms. The number of halogens is 1. The van der Waals surface area contributed by atoms with E-state index in [9.17, 15) is 4.79 Å². The maximum atomic E-state index is 10.5. The third kappa shape index (κ3) is 2.48. The van der Waals surface area contributed by atoms with Gasteiger partial charge in [0.05, 0.1) is 0 Å². The summed E-state index contributed by atoms with van der Waals surface area (Å²) >= 11 is 2.12. The Morgan fingerprint density at radius 2 is 2.09 bits per heavy atom. The van der Waals surface area contributed by atoms with Gasteiger partial charge in [-0.15, -0.1) is 0 Å². The quantitative estimate of drug-likeness (QED) is 0.553. The van der Waals surface area contributed by atoms with Crippen molar-refractivity contribution in [2.45, 2.75) is 18.9 Å². The molecule has 0 spiro atoms. The Bertz CT molecular complexity index is 146. The summed E-state index contributed by atoms with van der Waals surface area (Å²) in [7, 11) is 0. The van der Waals surface area contributed by atoms with E-state index in [1.165, 1.54) is 4.90 Å². The SMILES string of the molecule is O=C(O)N1CCC(NI)CC1. The average molecular weight is 270 g/mol. The minimum atomic E-state index is -0.795. The van der Waals surface area contributed by atoms with Crippen LogP contribution in [0.5, 0.6) is 0 Å². The highest BCUT2D eigenvalue weighted by atomic mass is 127. The third-order valence-corrected chi connectivity index (χ3v) is 2.80. The van der Waals surface area contributed by atoms with Crippen LogP contribution in [0, 0.1) is 0 Å². The first-order chi connectivity index (χ1) is 5.24.